The minimum Gasteiger partial charge on any atom is -0.497 e. The molecule has 0 saturated carbocycles. The van der Waals surface area contributed by atoms with Crippen molar-refractivity contribution in [2.24, 2.45) is 0 Å². The maximum Gasteiger partial charge on any atom is 0.195 e. The van der Waals surface area contributed by atoms with Gasteiger partial charge in [0.15, 0.2) is 5.16 Å². The Balaban J connectivity index is 1.42. The molecule has 0 bridgehead atoms. The predicted molar refractivity (Wildman–Crippen MR) is 115 cm³/mol. The van der Waals surface area contributed by atoms with Gasteiger partial charge in [-0.1, -0.05) is 11.8 Å². The molecule has 1 fully saturated rings. The van der Waals surface area contributed by atoms with E-state index in [0.717, 1.165) is 48.6 Å². The second kappa shape index (κ2) is 8.14. The van der Waals surface area contributed by atoms with E-state index >= 15 is 0 Å². The van der Waals surface area contributed by atoms with Crippen molar-refractivity contribution in [3.63, 3.8) is 0 Å². The highest BCUT2D eigenvalue weighted by molar-refractivity contribution is 7.98. The van der Waals surface area contributed by atoms with Crippen LogP contribution < -0.4 is 14.5 Å². The largest absolute Gasteiger partial charge is 0.497 e. The van der Waals surface area contributed by atoms with Crippen LogP contribution in [-0.4, -0.2) is 54.3 Å². The fourth-order valence-electron chi connectivity index (χ4n) is 3.60. The molecule has 0 atom stereocenters. The molecule has 2 aromatic carbocycles. The fraction of sp³-hybridized carbons (Fsp3) is 0.333. The summed E-state index contributed by atoms with van der Waals surface area (Å²) in [7, 11) is 1.70. The van der Waals surface area contributed by atoms with Gasteiger partial charge in [-0.15, -0.1) is 10.2 Å². The lowest BCUT2D eigenvalue weighted by atomic mass is 10.2. The van der Waals surface area contributed by atoms with Crippen LogP contribution in [0, 0.1) is 6.92 Å². The number of aryl methyl sites for hydroxylation is 1. The zero-order valence-corrected chi connectivity index (χ0v) is 17.3. The fourth-order valence-corrected chi connectivity index (χ4v) is 4.14. The van der Waals surface area contributed by atoms with Gasteiger partial charge in [-0.2, -0.15) is 0 Å². The highest BCUT2D eigenvalue weighted by atomic mass is 32.2. The highest BCUT2D eigenvalue weighted by Crippen LogP contribution is 2.25. The minimum atomic E-state index is 0.899. The van der Waals surface area contributed by atoms with Gasteiger partial charge in [0.2, 0.25) is 0 Å². The van der Waals surface area contributed by atoms with Gasteiger partial charge >= 0.3 is 0 Å². The van der Waals surface area contributed by atoms with Crippen LogP contribution in [0.25, 0.3) is 5.69 Å². The van der Waals surface area contributed by atoms with E-state index in [0.29, 0.717) is 0 Å². The van der Waals surface area contributed by atoms with Crippen molar-refractivity contribution in [1.82, 2.24) is 14.8 Å². The van der Waals surface area contributed by atoms with E-state index < -0.39 is 0 Å². The molecule has 3 aromatic rings. The zero-order valence-electron chi connectivity index (χ0n) is 16.5. The van der Waals surface area contributed by atoms with Gasteiger partial charge < -0.3 is 14.5 Å². The van der Waals surface area contributed by atoms with Crippen LogP contribution in [0.2, 0.25) is 0 Å². The first-order chi connectivity index (χ1) is 13.7. The van der Waals surface area contributed by atoms with Crippen molar-refractivity contribution in [2.45, 2.75) is 12.1 Å². The van der Waals surface area contributed by atoms with E-state index in [-0.39, 0.29) is 0 Å². The number of ether oxygens (including phenoxy) is 1. The molecule has 0 aliphatic carbocycles. The number of anilines is 2. The van der Waals surface area contributed by atoms with E-state index in [2.05, 4.69) is 61.0 Å². The number of hydrogen-bond acceptors (Lipinski definition) is 6. The van der Waals surface area contributed by atoms with Gasteiger partial charge in [-0.3, -0.25) is 4.57 Å². The third kappa shape index (κ3) is 3.67. The highest BCUT2D eigenvalue weighted by Gasteiger charge is 2.18. The topological polar surface area (TPSA) is 46.4 Å². The summed E-state index contributed by atoms with van der Waals surface area (Å²) in [6.07, 6.45) is 2.02. The van der Waals surface area contributed by atoms with Gasteiger partial charge in [0, 0.05) is 43.2 Å². The summed E-state index contributed by atoms with van der Waals surface area (Å²) in [5.74, 6) is 1.81. The van der Waals surface area contributed by atoms with Crippen LogP contribution in [0.4, 0.5) is 11.4 Å². The number of benzene rings is 2. The third-order valence-corrected chi connectivity index (χ3v) is 5.80. The van der Waals surface area contributed by atoms with E-state index in [9.17, 15) is 0 Å². The summed E-state index contributed by atoms with van der Waals surface area (Å²) in [4.78, 5) is 4.87. The average molecular weight is 396 g/mol. The summed E-state index contributed by atoms with van der Waals surface area (Å²) < 4.78 is 7.35. The molecule has 1 aliphatic heterocycles. The first-order valence-electron chi connectivity index (χ1n) is 9.40. The summed E-state index contributed by atoms with van der Waals surface area (Å²) in [6.45, 7) is 6.02. The molecule has 6 nitrogen and oxygen atoms in total. The van der Waals surface area contributed by atoms with Crippen LogP contribution in [0.15, 0.2) is 53.7 Å². The smallest absolute Gasteiger partial charge is 0.195 e. The van der Waals surface area contributed by atoms with Crippen molar-refractivity contribution < 1.29 is 4.74 Å². The first-order valence-corrected chi connectivity index (χ1v) is 10.6. The number of piperazine rings is 1. The van der Waals surface area contributed by atoms with Gasteiger partial charge in [-0.25, -0.2) is 0 Å². The van der Waals surface area contributed by atoms with Gasteiger partial charge in [0.25, 0.3) is 0 Å². The molecule has 1 aromatic heterocycles. The van der Waals surface area contributed by atoms with Crippen molar-refractivity contribution in [3.05, 3.63) is 54.4 Å². The lowest BCUT2D eigenvalue weighted by molar-refractivity contribution is 0.415. The van der Waals surface area contributed by atoms with Crippen LogP contribution in [-0.2, 0) is 0 Å². The molecule has 0 radical (unpaired) electrons. The molecule has 1 aliphatic rings. The summed E-state index contributed by atoms with van der Waals surface area (Å²) in [6, 6.07) is 17.0. The minimum absolute atomic E-state index is 0.899. The van der Waals surface area contributed by atoms with Crippen molar-refractivity contribution >= 4 is 23.1 Å². The molecular formula is C21H25N5OS. The molecule has 0 N–H and O–H groups in total. The Kier molecular flexibility index (Phi) is 5.43. The molecule has 146 valence electrons. The number of thioether (sulfide) groups is 1. The Morgan fingerprint density at radius 1 is 0.786 bits per heavy atom. The van der Waals surface area contributed by atoms with Crippen LogP contribution >= 0.6 is 11.8 Å². The third-order valence-electron chi connectivity index (χ3n) is 5.17. The van der Waals surface area contributed by atoms with Crippen LogP contribution in [0.3, 0.4) is 0 Å². The number of nitrogens with zero attached hydrogens (tertiary/aromatic N) is 5. The SMILES string of the molecule is COc1ccc(N2CCN(c3ccc(-n4c(C)nnc4SC)cc3)CC2)cc1. The number of aromatic nitrogens is 3. The summed E-state index contributed by atoms with van der Waals surface area (Å²) >= 11 is 1.61. The number of rotatable bonds is 5. The molecule has 1 saturated heterocycles. The standard InChI is InChI=1S/C21H25N5OS/c1-16-22-23-21(28-3)26(16)19-6-4-17(5-7-19)24-12-14-25(15-13-24)18-8-10-20(27-2)11-9-18/h4-11H,12-15H2,1-3H3. The van der Waals surface area contributed by atoms with E-state index in [1.807, 2.05) is 25.3 Å². The van der Waals surface area contributed by atoms with Crippen LogP contribution in [0.1, 0.15) is 5.82 Å². The molecule has 7 heteroatoms. The Morgan fingerprint density at radius 3 is 1.79 bits per heavy atom. The quantitative estimate of drug-likeness (QED) is 0.615. The molecule has 4 rings (SSSR count). The summed E-state index contributed by atoms with van der Waals surface area (Å²) in [5.41, 5.74) is 3.62. The Bertz CT molecular complexity index is 915. The lowest BCUT2D eigenvalue weighted by Crippen LogP contribution is -2.46. The molecule has 28 heavy (non-hydrogen) atoms. The van der Waals surface area contributed by atoms with Crippen LogP contribution in [0.5, 0.6) is 5.75 Å². The Morgan fingerprint density at radius 2 is 1.29 bits per heavy atom. The second-order valence-electron chi connectivity index (χ2n) is 6.76. The molecule has 2 heterocycles. The van der Waals surface area contributed by atoms with Gasteiger partial charge in [-0.05, 0) is 61.7 Å². The van der Waals surface area contributed by atoms with Crippen molar-refractivity contribution in [2.75, 3.05) is 49.3 Å². The first kappa shape index (κ1) is 18.7. The molecule has 0 spiro atoms. The Labute approximate surface area is 170 Å². The number of hydrogen-bond donors (Lipinski definition) is 0. The van der Waals surface area contributed by atoms with E-state index in [1.165, 1.54) is 11.4 Å². The second-order valence-corrected chi connectivity index (χ2v) is 7.53. The van der Waals surface area contributed by atoms with Crippen molar-refractivity contribution in [1.29, 1.82) is 0 Å². The normalized spacial score (nSPS) is 14.4. The van der Waals surface area contributed by atoms with Gasteiger partial charge in [0.05, 0.1) is 7.11 Å². The van der Waals surface area contributed by atoms with E-state index in [4.69, 9.17) is 4.74 Å². The Hall–Kier alpha value is -2.67. The summed E-state index contributed by atoms with van der Waals surface area (Å²) in [5, 5.41) is 9.33. The van der Waals surface area contributed by atoms with E-state index in [1.54, 1.807) is 18.9 Å². The molecule has 0 amide bonds. The zero-order chi connectivity index (χ0) is 19.5. The van der Waals surface area contributed by atoms with Gasteiger partial charge in [0.1, 0.15) is 11.6 Å². The number of methoxy groups -OCH3 is 1. The predicted octanol–water partition coefficient (Wildman–Crippen LogP) is 3.63. The average Bonchev–Trinajstić information content (AvgIpc) is 3.14. The monoisotopic (exact) mass is 395 g/mol. The maximum absolute atomic E-state index is 5.25. The molecular weight excluding hydrogens is 370 g/mol. The lowest BCUT2D eigenvalue weighted by Gasteiger charge is -2.37. The maximum atomic E-state index is 5.25. The van der Waals surface area contributed by atoms with Crippen molar-refractivity contribution in [3.8, 4) is 11.4 Å². The molecule has 0 unspecified atom stereocenters.